The standard InChI is InChI=1S/C10H10O5S/c11-10-9(6-7-14-10)15-16(12,13)8-4-2-1-3-5-8/h1-5,9H,6-7H2/t9-/m0/s1. The topological polar surface area (TPSA) is 69.7 Å². The Kier molecular flexibility index (Phi) is 2.93. The molecule has 0 spiro atoms. The Morgan fingerprint density at radius 1 is 1.25 bits per heavy atom. The Bertz CT molecular complexity index is 479. The average molecular weight is 242 g/mol. The molecule has 0 aliphatic carbocycles. The quantitative estimate of drug-likeness (QED) is 0.576. The van der Waals surface area contributed by atoms with E-state index in [1.54, 1.807) is 18.2 Å². The summed E-state index contributed by atoms with van der Waals surface area (Å²) in [5.74, 6) is -0.625. The summed E-state index contributed by atoms with van der Waals surface area (Å²) in [6.45, 7) is 0.202. The molecule has 2 rings (SSSR count). The van der Waals surface area contributed by atoms with Crippen molar-refractivity contribution in [2.24, 2.45) is 0 Å². The Balaban J connectivity index is 2.18. The fourth-order valence-electron chi connectivity index (χ4n) is 1.36. The molecule has 6 heteroatoms. The minimum atomic E-state index is -3.88. The van der Waals surface area contributed by atoms with E-state index >= 15 is 0 Å². The van der Waals surface area contributed by atoms with Crippen molar-refractivity contribution >= 4 is 16.1 Å². The number of benzene rings is 1. The van der Waals surface area contributed by atoms with Gasteiger partial charge in [-0.2, -0.15) is 8.42 Å². The number of ether oxygens (including phenoxy) is 1. The number of hydrogen-bond donors (Lipinski definition) is 0. The first-order valence-electron chi connectivity index (χ1n) is 4.74. The molecule has 0 aromatic heterocycles. The van der Waals surface area contributed by atoms with E-state index in [1.165, 1.54) is 12.1 Å². The third-order valence-corrected chi connectivity index (χ3v) is 3.50. The molecule has 0 N–H and O–H groups in total. The maximum absolute atomic E-state index is 11.7. The molecule has 0 radical (unpaired) electrons. The van der Waals surface area contributed by atoms with E-state index in [9.17, 15) is 13.2 Å². The van der Waals surface area contributed by atoms with Crippen molar-refractivity contribution in [2.45, 2.75) is 17.4 Å². The zero-order valence-corrected chi connectivity index (χ0v) is 9.14. The van der Waals surface area contributed by atoms with Gasteiger partial charge in [0.2, 0.25) is 0 Å². The molecule has 1 atom stereocenters. The maximum Gasteiger partial charge on any atom is 0.336 e. The van der Waals surface area contributed by atoms with E-state index in [0.29, 0.717) is 0 Å². The van der Waals surface area contributed by atoms with Gasteiger partial charge in [-0.3, -0.25) is 4.18 Å². The zero-order chi connectivity index (χ0) is 11.6. The molecule has 1 aliphatic heterocycles. The molecule has 16 heavy (non-hydrogen) atoms. The van der Waals surface area contributed by atoms with Gasteiger partial charge >= 0.3 is 5.97 Å². The van der Waals surface area contributed by atoms with Crippen molar-refractivity contribution in [1.29, 1.82) is 0 Å². The lowest BCUT2D eigenvalue weighted by molar-refractivity contribution is -0.143. The van der Waals surface area contributed by atoms with Crippen LogP contribution < -0.4 is 0 Å². The van der Waals surface area contributed by atoms with Crippen LogP contribution in [0.1, 0.15) is 6.42 Å². The number of carbonyl (C=O) groups excluding carboxylic acids is 1. The Hall–Kier alpha value is -1.40. The Morgan fingerprint density at radius 2 is 1.94 bits per heavy atom. The van der Waals surface area contributed by atoms with E-state index in [2.05, 4.69) is 4.74 Å². The van der Waals surface area contributed by atoms with Crippen LogP contribution in [-0.4, -0.2) is 27.1 Å². The fourth-order valence-corrected chi connectivity index (χ4v) is 2.44. The van der Waals surface area contributed by atoms with Crippen LogP contribution in [0.4, 0.5) is 0 Å². The van der Waals surface area contributed by atoms with Crippen LogP contribution in [-0.2, 0) is 23.8 Å². The van der Waals surface area contributed by atoms with Crippen LogP contribution in [0.5, 0.6) is 0 Å². The minimum absolute atomic E-state index is 0.0368. The smallest absolute Gasteiger partial charge is 0.336 e. The van der Waals surface area contributed by atoms with Crippen LogP contribution in [0.25, 0.3) is 0 Å². The fraction of sp³-hybridized carbons (Fsp3) is 0.300. The van der Waals surface area contributed by atoms with Gasteiger partial charge in [0.05, 0.1) is 11.5 Å². The highest BCUT2D eigenvalue weighted by Gasteiger charge is 2.32. The zero-order valence-electron chi connectivity index (χ0n) is 8.33. The van der Waals surface area contributed by atoms with Gasteiger partial charge in [0, 0.05) is 6.42 Å². The molecule has 0 bridgehead atoms. The molecule has 1 fully saturated rings. The van der Waals surface area contributed by atoms with Gasteiger partial charge in [-0.1, -0.05) is 18.2 Å². The van der Waals surface area contributed by atoms with E-state index < -0.39 is 22.2 Å². The third kappa shape index (κ3) is 2.23. The first-order chi connectivity index (χ1) is 7.59. The first kappa shape index (κ1) is 11.1. The summed E-state index contributed by atoms with van der Waals surface area (Å²) in [6, 6.07) is 7.69. The summed E-state index contributed by atoms with van der Waals surface area (Å²) in [5, 5.41) is 0. The molecular formula is C10H10O5S. The second kappa shape index (κ2) is 4.23. The number of carbonyl (C=O) groups is 1. The molecule has 86 valence electrons. The highest BCUT2D eigenvalue weighted by atomic mass is 32.2. The lowest BCUT2D eigenvalue weighted by Crippen LogP contribution is -2.22. The molecule has 1 heterocycles. The molecule has 1 aromatic carbocycles. The van der Waals surface area contributed by atoms with Gasteiger partial charge in [0.15, 0.2) is 6.10 Å². The molecule has 5 nitrogen and oxygen atoms in total. The summed E-state index contributed by atoms with van der Waals surface area (Å²) >= 11 is 0. The minimum Gasteiger partial charge on any atom is -0.464 e. The summed E-state index contributed by atoms with van der Waals surface area (Å²) in [5.41, 5.74) is 0. The van der Waals surface area contributed by atoms with E-state index in [4.69, 9.17) is 4.18 Å². The predicted octanol–water partition coefficient (Wildman–Crippen LogP) is 0.707. The molecule has 1 aliphatic rings. The molecule has 0 amide bonds. The maximum atomic E-state index is 11.7. The van der Waals surface area contributed by atoms with Crippen LogP contribution in [0, 0.1) is 0 Å². The highest BCUT2D eigenvalue weighted by molar-refractivity contribution is 7.86. The predicted molar refractivity (Wildman–Crippen MR) is 54.1 cm³/mol. The Morgan fingerprint density at radius 3 is 2.50 bits per heavy atom. The molecule has 1 saturated heterocycles. The van der Waals surface area contributed by atoms with Gasteiger partial charge in [-0.05, 0) is 12.1 Å². The molecule has 0 saturated carbocycles. The van der Waals surface area contributed by atoms with Crippen molar-refractivity contribution in [2.75, 3.05) is 6.61 Å². The largest absolute Gasteiger partial charge is 0.464 e. The van der Waals surface area contributed by atoms with Crippen molar-refractivity contribution in [3.8, 4) is 0 Å². The van der Waals surface area contributed by atoms with Gasteiger partial charge < -0.3 is 4.74 Å². The molecule has 1 aromatic rings. The van der Waals surface area contributed by atoms with Gasteiger partial charge in [-0.25, -0.2) is 4.79 Å². The van der Waals surface area contributed by atoms with E-state index in [0.717, 1.165) is 0 Å². The second-order valence-electron chi connectivity index (χ2n) is 3.31. The Labute approximate surface area is 93.1 Å². The van der Waals surface area contributed by atoms with Gasteiger partial charge in [0.25, 0.3) is 10.1 Å². The lowest BCUT2D eigenvalue weighted by Gasteiger charge is -2.08. The first-order valence-corrected chi connectivity index (χ1v) is 6.15. The van der Waals surface area contributed by atoms with Gasteiger partial charge in [0.1, 0.15) is 0 Å². The van der Waals surface area contributed by atoms with Crippen LogP contribution in [0.2, 0.25) is 0 Å². The summed E-state index contributed by atoms with van der Waals surface area (Å²) in [6.07, 6.45) is -0.740. The monoisotopic (exact) mass is 242 g/mol. The SMILES string of the molecule is O=C1OCC[C@@H]1OS(=O)(=O)c1ccccc1. The van der Waals surface area contributed by atoms with Crippen molar-refractivity contribution in [3.63, 3.8) is 0 Å². The number of cyclic esters (lactones) is 1. The van der Waals surface area contributed by atoms with E-state index in [-0.39, 0.29) is 17.9 Å². The number of esters is 1. The van der Waals surface area contributed by atoms with Crippen molar-refractivity contribution < 1.29 is 22.1 Å². The normalized spacial score (nSPS) is 20.8. The summed E-state index contributed by atoms with van der Waals surface area (Å²) in [7, 11) is -3.88. The highest BCUT2D eigenvalue weighted by Crippen LogP contribution is 2.18. The van der Waals surface area contributed by atoms with Crippen molar-refractivity contribution in [1.82, 2.24) is 0 Å². The van der Waals surface area contributed by atoms with Crippen LogP contribution in [0.15, 0.2) is 35.2 Å². The lowest BCUT2D eigenvalue weighted by atomic mass is 10.3. The second-order valence-corrected chi connectivity index (χ2v) is 4.88. The van der Waals surface area contributed by atoms with Gasteiger partial charge in [-0.15, -0.1) is 0 Å². The van der Waals surface area contributed by atoms with Crippen LogP contribution >= 0.6 is 0 Å². The van der Waals surface area contributed by atoms with Crippen molar-refractivity contribution in [3.05, 3.63) is 30.3 Å². The molecular weight excluding hydrogens is 232 g/mol. The number of hydrogen-bond acceptors (Lipinski definition) is 5. The average Bonchev–Trinajstić information content (AvgIpc) is 2.65. The molecule has 0 unspecified atom stereocenters. The van der Waals surface area contributed by atoms with E-state index in [1.807, 2.05) is 0 Å². The third-order valence-electron chi connectivity index (χ3n) is 2.16. The summed E-state index contributed by atoms with van der Waals surface area (Å²) in [4.78, 5) is 11.1. The van der Waals surface area contributed by atoms with Crippen LogP contribution in [0.3, 0.4) is 0 Å². The summed E-state index contributed by atoms with van der Waals surface area (Å²) < 4.78 is 32.8. The number of rotatable bonds is 3.